The molecule has 1 fully saturated rings. The first kappa shape index (κ1) is 15.2. The van der Waals surface area contributed by atoms with Gasteiger partial charge in [-0.1, -0.05) is 0 Å². The van der Waals surface area contributed by atoms with E-state index in [1.165, 1.54) is 0 Å². The number of nitrogens with two attached hydrogens (primary N) is 2. The number of nitrogens with one attached hydrogen (secondary N) is 1. The summed E-state index contributed by atoms with van der Waals surface area (Å²) in [6.45, 7) is 1.58. The third-order valence-electron chi connectivity index (χ3n) is 3.53. The van der Waals surface area contributed by atoms with Crippen molar-refractivity contribution in [3.63, 3.8) is 0 Å². The van der Waals surface area contributed by atoms with Crippen LogP contribution in [0.15, 0.2) is 0 Å². The highest BCUT2D eigenvalue weighted by Crippen LogP contribution is 2.24. The summed E-state index contributed by atoms with van der Waals surface area (Å²) in [5, 5.41) is 0. The summed E-state index contributed by atoms with van der Waals surface area (Å²) < 4.78 is 0. The van der Waals surface area contributed by atoms with Gasteiger partial charge in [0.05, 0.1) is 0 Å². The molecule has 21 heavy (non-hydrogen) atoms. The standard InChI is InChI=1S/C12H22N8O/c1-19(2)11-15-10(18-14)16-12(17-11)20-5-3-8(4-6-20)7-9(13)21/h8H,3-7,14H2,1-2H3,(H2,13,21)(H,15,16,17,18). The third-order valence-corrected chi connectivity index (χ3v) is 3.53. The molecular weight excluding hydrogens is 272 g/mol. The number of nitrogens with zero attached hydrogens (tertiary/aromatic N) is 5. The van der Waals surface area contributed by atoms with Crippen LogP contribution in [0.25, 0.3) is 0 Å². The van der Waals surface area contributed by atoms with E-state index in [-0.39, 0.29) is 5.91 Å². The van der Waals surface area contributed by atoms with Gasteiger partial charge in [0.2, 0.25) is 23.8 Å². The lowest BCUT2D eigenvalue weighted by molar-refractivity contribution is -0.119. The topological polar surface area (TPSA) is 126 Å². The zero-order chi connectivity index (χ0) is 15.4. The molecule has 0 aromatic carbocycles. The van der Waals surface area contributed by atoms with Gasteiger partial charge in [-0.15, -0.1) is 0 Å². The minimum atomic E-state index is -0.238. The monoisotopic (exact) mass is 294 g/mol. The van der Waals surface area contributed by atoms with Crippen molar-refractivity contribution in [3.05, 3.63) is 0 Å². The number of aromatic nitrogens is 3. The summed E-state index contributed by atoms with van der Waals surface area (Å²) in [5.41, 5.74) is 7.71. The number of amides is 1. The van der Waals surface area contributed by atoms with Crippen molar-refractivity contribution in [1.29, 1.82) is 0 Å². The maximum Gasteiger partial charge on any atom is 0.243 e. The molecule has 0 spiro atoms. The normalized spacial score (nSPS) is 15.9. The zero-order valence-corrected chi connectivity index (χ0v) is 12.4. The van der Waals surface area contributed by atoms with Crippen LogP contribution in [-0.4, -0.2) is 48.0 Å². The molecule has 0 saturated carbocycles. The summed E-state index contributed by atoms with van der Waals surface area (Å²) in [6, 6.07) is 0. The van der Waals surface area contributed by atoms with Crippen molar-refractivity contribution < 1.29 is 4.79 Å². The van der Waals surface area contributed by atoms with Crippen molar-refractivity contribution in [2.75, 3.05) is 42.4 Å². The summed E-state index contributed by atoms with van der Waals surface area (Å²) >= 11 is 0. The first-order valence-corrected chi connectivity index (χ1v) is 6.93. The van der Waals surface area contributed by atoms with E-state index in [4.69, 9.17) is 11.6 Å². The Hall–Kier alpha value is -2.16. The van der Waals surface area contributed by atoms with E-state index in [0.29, 0.717) is 30.2 Å². The molecule has 0 radical (unpaired) electrons. The van der Waals surface area contributed by atoms with Crippen molar-refractivity contribution in [2.24, 2.45) is 17.5 Å². The largest absolute Gasteiger partial charge is 0.370 e. The molecule has 0 unspecified atom stereocenters. The molecule has 2 rings (SSSR count). The Kier molecular flexibility index (Phi) is 4.73. The second kappa shape index (κ2) is 6.53. The highest BCUT2D eigenvalue weighted by Gasteiger charge is 2.23. The summed E-state index contributed by atoms with van der Waals surface area (Å²) in [4.78, 5) is 27.8. The molecule has 5 N–H and O–H groups in total. The van der Waals surface area contributed by atoms with Gasteiger partial charge in [-0.05, 0) is 18.8 Å². The third kappa shape index (κ3) is 3.91. The van der Waals surface area contributed by atoms with Crippen LogP contribution < -0.4 is 26.8 Å². The summed E-state index contributed by atoms with van der Waals surface area (Å²) in [5.74, 6) is 6.99. The molecule has 1 amide bonds. The van der Waals surface area contributed by atoms with Crippen molar-refractivity contribution in [3.8, 4) is 0 Å². The van der Waals surface area contributed by atoms with Gasteiger partial charge in [0, 0.05) is 33.6 Å². The zero-order valence-electron chi connectivity index (χ0n) is 12.4. The molecule has 9 nitrogen and oxygen atoms in total. The number of rotatable bonds is 5. The number of piperidine rings is 1. The minimum absolute atomic E-state index is 0.238. The molecule has 1 aromatic rings. The number of anilines is 3. The average molecular weight is 294 g/mol. The number of hydrogen-bond donors (Lipinski definition) is 3. The molecule has 1 aliphatic heterocycles. The van der Waals surface area contributed by atoms with Gasteiger partial charge in [0.15, 0.2) is 0 Å². The van der Waals surface area contributed by atoms with Crippen molar-refractivity contribution in [2.45, 2.75) is 19.3 Å². The Balaban J connectivity index is 2.09. The molecule has 0 aliphatic carbocycles. The number of carbonyl (C=O) groups is 1. The Bertz CT molecular complexity index is 498. The van der Waals surface area contributed by atoms with Crippen molar-refractivity contribution in [1.82, 2.24) is 15.0 Å². The quantitative estimate of drug-likeness (QED) is 0.481. The lowest BCUT2D eigenvalue weighted by Crippen LogP contribution is -2.36. The van der Waals surface area contributed by atoms with Crippen LogP contribution in [0.5, 0.6) is 0 Å². The number of hydrogen-bond acceptors (Lipinski definition) is 8. The highest BCUT2D eigenvalue weighted by atomic mass is 16.1. The van der Waals surface area contributed by atoms with Crippen LogP contribution in [0.1, 0.15) is 19.3 Å². The number of nitrogen functional groups attached to an aromatic ring is 1. The predicted molar refractivity (Wildman–Crippen MR) is 80.7 cm³/mol. The fourth-order valence-corrected chi connectivity index (χ4v) is 2.38. The van der Waals surface area contributed by atoms with Gasteiger partial charge < -0.3 is 15.5 Å². The van der Waals surface area contributed by atoms with Crippen LogP contribution >= 0.6 is 0 Å². The fourth-order valence-electron chi connectivity index (χ4n) is 2.38. The average Bonchev–Trinajstić information content (AvgIpc) is 2.46. The van der Waals surface area contributed by atoms with Gasteiger partial charge in [-0.3, -0.25) is 10.2 Å². The smallest absolute Gasteiger partial charge is 0.243 e. The van der Waals surface area contributed by atoms with Crippen LogP contribution in [0.3, 0.4) is 0 Å². The number of carbonyl (C=O) groups excluding carboxylic acids is 1. The Morgan fingerprint density at radius 2 is 2.00 bits per heavy atom. The van der Waals surface area contributed by atoms with Gasteiger partial charge in [-0.2, -0.15) is 15.0 Å². The first-order chi connectivity index (χ1) is 9.99. The Morgan fingerprint density at radius 1 is 1.33 bits per heavy atom. The fraction of sp³-hybridized carbons (Fsp3) is 0.667. The molecule has 0 atom stereocenters. The van der Waals surface area contributed by atoms with Crippen LogP contribution in [0.2, 0.25) is 0 Å². The first-order valence-electron chi connectivity index (χ1n) is 6.93. The minimum Gasteiger partial charge on any atom is -0.370 e. The van der Waals surface area contributed by atoms with E-state index < -0.39 is 0 Å². The number of hydrazine groups is 1. The van der Waals surface area contributed by atoms with Gasteiger partial charge in [0.25, 0.3) is 0 Å². The van der Waals surface area contributed by atoms with E-state index in [2.05, 4.69) is 25.3 Å². The van der Waals surface area contributed by atoms with Crippen molar-refractivity contribution >= 4 is 23.8 Å². The van der Waals surface area contributed by atoms with E-state index in [9.17, 15) is 4.79 Å². The van der Waals surface area contributed by atoms with Crippen LogP contribution in [-0.2, 0) is 4.79 Å². The van der Waals surface area contributed by atoms with E-state index in [1.807, 2.05) is 14.1 Å². The van der Waals surface area contributed by atoms with Gasteiger partial charge >= 0.3 is 0 Å². The number of primary amides is 1. The van der Waals surface area contributed by atoms with Gasteiger partial charge in [-0.25, -0.2) is 5.84 Å². The van der Waals surface area contributed by atoms with Crippen LogP contribution in [0.4, 0.5) is 17.8 Å². The lowest BCUT2D eigenvalue weighted by Gasteiger charge is -2.31. The highest BCUT2D eigenvalue weighted by molar-refractivity contribution is 5.74. The Labute approximate surface area is 123 Å². The molecule has 116 valence electrons. The van der Waals surface area contributed by atoms with E-state index in [0.717, 1.165) is 25.9 Å². The second-order valence-corrected chi connectivity index (χ2v) is 5.40. The molecular formula is C12H22N8O. The van der Waals surface area contributed by atoms with E-state index >= 15 is 0 Å². The maximum atomic E-state index is 11.0. The lowest BCUT2D eigenvalue weighted by atomic mass is 9.93. The molecule has 9 heteroatoms. The summed E-state index contributed by atoms with van der Waals surface area (Å²) in [6.07, 6.45) is 2.25. The summed E-state index contributed by atoms with van der Waals surface area (Å²) in [7, 11) is 3.72. The molecule has 0 bridgehead atoms. The molecule has 2 heterocycles. The second-order valence-electron chi connectivity index (χ2n) is 5.40. The predicted octanol–water partition coefficient (Wildman–Crippen LogP) is -0.685. The van der Waals surface area contributed by atoms with E-state index in [1.54, 1.807) is 4.90 Å². The molecule has 1 saturated heterocycles. The van der Waals surface area contributed by atoms with Crippen LogP contribution in [0, 0.1) is 5.92 Å². The maximum absolute atomic E-state index is 11.0. The van der Waals surface area contributed by atoms with Gasteiger partial charge in [0.1, 0.15) is 0 Å². The SMILES string of the molecule is CN(C)c1nc(NN)nc(N2CCC(CC(N)=O)CC2)n1. The molecule has 1 aromatic heterocycles. The Morgan fingerprint density at radius 3 is 2.52 bits per heavy atom. The molecule has 1 aliphatic rings.